The molecular weight excluding hydrogens is 183 g/mol. The lowest BCUT2D eigenvalue weighted by atomic mass is 10.1. The van der Waals surface area contributed by atoms with Crippen LogP contribution in [-0.4, -0.2) is 14.7 Å². The van der Waals surface area contributed by atoms with Gasteiger partial charge in [-0.15, -0.1) is 0 Å². The van der Waals surface area contributed by atoms with Crippen LogP contribution < -0.4 is 0 Å². The maximum Gasteiger partial charge on any atom is 0.257 e. The van der Waals surface area contributed by atoms with E-state index in [0.29, 0.717) is 0 Å². The highest BCUT2D eigenvalue weighted by molar-refractivity contribution is 5.97. The van der Waals surface area contributed by atoms with Crippen LogP contribution in [0, 0.1) is 0 Å². The number of unbranched alkanes of at least 4 members (excludes halogenated alkanes) is 10. The van der Waals surface area contributed by atoms with Gasteiger partial charge in [-0.1, -0.05) is 71.1 Å². The lowest BCUT2D eigenvalue weighted by Gasteiger charge is -2.02. The van der Waals surface area contributed by atoms with Gasteiger partial charge in [0, 0.05) is 6.61 Å². The van der Waals surface area contributed by atoms with Crippen LogP contribution in [-0.2, 0) is 4.65 Å². The van der Waals surface area contributed by atoms with Crippen molar-refractivity contribution >= 4 is 8.05 Å². The third-order valence-electron chi connectivity index (χ3n) is 2.95. The van der Waals surface area contributed by atoms with E-state index in [1.54, 1.807) is 8.05 Å². The number of rotatable bonds is 12. The summed E-state index contributed by atoms with van der Waals surface area (Å²) in [6.07, 6.45) is 15.5. The lowest BCUT2D eigenvalue weighted by Crippen LogP contribution is -1.89. The highest BCUT2D eigenvalue weighted by Gasteiger charge is 1.92. The molecule has 0 unspecified atom stereocenters. The van der Waals surface area contributed by atoms with Crippen LogP contribution in [0.5, 0.6) is 0 Å². The topological polar surface area (TPSA) is 9.23 Å². The first-order valence-corrected chi connectivity index (χ1v) is 6.90. The zero-order chi connectivity index (χ0) is 11.2. The zero-order valence-corrected chi connectivity index (χ0v) is 10.9. The summed E-state index contributed by atoms with van der Waals surface area (Å²) in [6, 6.07) is 0. The van der Waals surface area contributed by atoms with E-state index in [4.69, 9.17) is 4.65 Å². The normalized spacial score (nSPS) is 10.7. The van der Waals surface area contributed by atoms with Crippen molar-refractivity contribution < 1.29 is 4.65 Å². The Morgan fingerprint density at radius 3 is 1.47 bits per heavy atom. The summed E-state index contributed by atoms with van der Waals surface area (Å²) in [5.41, 5.74) is 0. The predicted octanol–water partition coefficient (Wildman–Crippen LogP) is 3.86. The fourth-order valence-corrected chi connectivity index (χ4v) is 1.91. The Kier molecular flexibility index (Phi) is 14.0. The average molecular weight is 212 g/mol. The standard InChI is InChI=1S/C13H29BO/c1-2-3-4-5-6-7-8-9-10-11-12-13-15-14/h2-14H2,1H3. The van der Waals surface area contributed by atoms with Crippen molar-refractivity contribution in [3.63, 3.8) is 0 Å². The number of hydrogen-bond acceptors (Lipinski definition) is 1. The molecule has 90 valence electrons. The molecule has 0 saturated heterocycles. The molecule has 0 saturated carbocycles. The maximum atomic E-state index is 5.02. The summed E-state index contributed by atoms with van der Waals surface area (Å²) in [4.78, 5) is 0. The summed E-state index contributed by atoms with van der Waals surface area (Å²) >= 11 is 0. The summed E-state index contributed by atoms with van der Waals surface area (Å²) in [5, 5.41) is 0. The zero-order valence-electron chi connectivity index (χ0n) is 10.9. The van der Waals surface area contributed by atoms with E-state index < -0.39 is 0 Å². The Hall–Kier alpha value is 0.0249. The van der Waals surface area contributed by atoms with E-state index in [1.165, 1.54) is 70.6 Å². The minimum absolute atomic E-state index is 0.941. The second kappa shape index (κ2) is 14.0. The van der Waals surface area contributed by atoms with Gasteiger partial charge in [0.2, 0.25) is 0 Å². The molecule has 0 N–H and O–H groups in total. The molecule has 0 aliphatic rings. The van der Waals surface area contributed by atoms with Crippen LogP contribution in [0.3, 0.4) is 0 Å². The van der Waals surface area contributed by atoms with Gasteiger partial charge < -0.3 is 4.65 Å². The molecule has 15 heavy (non-hydrogen) atoms. The van der Waals surface area contributed by atoms with Crippen molar-refractivity contribution in [3.8, 4) is 0 Å². The molecule has 0 atom stereocenters. The van der Waals surface area contributed by atoms with Crippen molar-refractivity contribution in [3.05, 3.63) is 0 Å². The molecular formula is C13H29BO. The van der Waals surface area contributed by atoms with Gasteiger partial charge in [-0.05, 0) is 6.42 Å². The van der Waals surface area contributed by atoms with Gasteiger partial charge >= 0.3 is 0 Å². The summed E-state index contributed by atoms with van der Waals surface area (Å²) in [5.74, 6) is 0. The Morgan fingerprint density at radius 2 is 1.07 bits per heavy atom. The Bertz CT molecular complexity index is 94.7. The van der Waals surface area contributed by atoms with Crippen LogP contribution in [0.15, 0.2) is 0 Å². The molecule has 0 fully saturated rings. The second-order valence-electron chi connectivity index (χ2n) is 4.53. The first-order chi connectivity index (χ1) is 7.41. The molecule has 0 spiro atoms. The van der Waals surface area contributed by atoms with Crippen LogP contribution in [0.2, 0.25) is 0 Å². The van der Waals surface area contributed by atoms with Crippen molar-refractivity contribution in [2.45, 2.75) is 77.6 Å². The van der Waals surface area contributed by atoms with Gasteiger partial charge in [-0.25, -0.2) is 0 Å². The molecule has 0 rings (SSSR count). The minimum Gasteiger partial charge on any atom is -0.444 e. The monoisotopic (exact) mass is 212 g/mol. The van der Waals surface area contributed by atoms with E-state index >= 15 is 0 Å². The summed E-state index contributed by atoms with van der Waals surface area (Å²) < 4.78 is 5.02. The second-order valence-corrected chi connectivity index (χ2v) is 4.53. The van der Waals surface area contributed by atoms with Gasteiger partial charge in [0.15, 0.2) is 0 Å². The van der Waals surface area contributed by atoms with Gasteiger partial charge in [-0.3, -0.25) is 0 Å². The van der Waals surface area contributed by atoms with Crippen LogP contribution >= 0.6 is 0 Å². The molecule has 0 aromatic carbocycles. The summed E-state index contributed by atoms with van der Waals surface area (Å²) in [7, 11) is 1.79. The third kappa shape index (κ3) is 14.0. The number of hydrogen-bond donors (Lipinski definition) is 0. The van der Waals surface area contributed by atoms with Crippen molar-refractivity contribution in [1.82, 2.24) is 0 Å². The highest BCUT2D eigenvalue weighted by atomic mass is 16.4. The molecule has 0 radical (unpaired) electrons. The molecule has 0 heterocycles. The van der Waals surface area contributed by atoms with Gasteiger partial charge in [0.05, 0.1) is 0 Å². The van der Waals surface area contributed by atoms with Crippen molar-refractivity contribution in [1.29, 1.82) is 0 Å². The fourth-order valence-electron chi connectivity index (χ4n) is 1.91. The Labute approximate surface area is 97.4 Å². The fraction of sp³-hybridized carbons (Fsp3) is 1.00. The molecule has 1 nitrogen and oxygen atoms in total. The highest BCUT2D eigenvalue weighted by Crippen LogP contribution is 2.10. The molecule has 0 bridgehead atoms. The molecule has 0 aromatic rings. The lowest BCUT2D eigenvalue weighted by molar-refractivity contribution is 0.332. The first kappa shape index (κ1) is 15.0. The largest absolute Gasteiger partial charge is 0.444 e. The van der Waals surface area contributed by atoms with E-state index in [1.807, 2.05) is 0 Å². The van der Waals surface area contributed by atoms with Gasteiger partial charge in [0.25, 0.3) is 8.05 Å². The van der Waals surface area contributed by atoms with Gasteiger partial charge in [0.1, 0.15) is 0 Å². The molecule has 0 aliphatic carbocycles. The SMILES string of the molecule is BOCCCCCCCCCCCCC. The molecule has 0 aliphatic heterocycles. The van der Waals surface area contributed by atoms with E-state index in [-0.39, 0.29) is 0 Å². The molecule has 0 amide bonds. The Balaban J connectivity index is 2.81. The summed E-state index contributed by atoms with van der Waals surface area (Å²) in [6.45, 7) is 3.22. The van der Waals surface area contributed by atoms with Crippen LogP contribution in [0.4, 0.5) is 0 Å². The van der Waals surface area contributed by atoms with Crippen molar-refractivity contribution in [2.24, 2.45) is 0 Å². The van der Waals surface area contributed by atoms with Crippen molar-refractivity contribution in [2.75, 3.05) is 6.61 Å². The smallest absolute Gasteiger partial charge is 0.257 e. The maximum absolute atomic E-state index is 5.02. The predicted molar refractivity (Wildman–Crippen MR) is 71.0 cm³/mol. The van der Waals surface area contributed by atoms with E-state index in [9.17, 15) is 0 Å². The quantitative estimate of drug-likeness (QED) is 0.352. The van der Waals surface area contributed by atoms with Crippen LogP contribution in [0.1, 0.15) is 77.6 Å². The molecule has 0 aromatic heterocycles. The average Bonchev–Trinajstić information content (AvgIpc) is 2.26. The minimum atomic E-state index is 0.941. The molecule has 2 heteroatoms. The first-order valence-electron chi connectivity index (χ1n) is 6.90. The third-order valence-corrected chi connectivity index (χ3v) is 2.95. The van der Waals surface area contributed by atoms with E-state index in [0.717, 1.165) is 6.61 Å². The van der Waals surface area contributed by atoms with Gasteiger partial charge in [-0.2, -0.15) is 0 Å². The Morgan fingerprint density at radius 1 is 0.667 bits per heavy atom. The van der Waals surface area contributed by atoms with Crippen LogP contribution in [0.25, 0.3) is 0 Å². The van der Waals surface area contributed by atoms with E-state index in [2.05, 4.69) is 6.92 Å².